The van der Waals surface area contributed by atoms with Crippen molar-refractivity contribution in [2.24, 2.45) is 0 Å². The zero-order valence-corrected chi connectivity index (χ0v) is 12.1. The van der Waals surface area contributed by atoms with Gasteiger partial charge in [0.1, 0.15) is 18.7 Å². The molecule has 0 atom stereocenters. The summed E-state index contributed by atoms with van der Waals surface area (Å²) in [6.07, 6.45) is 2.15. The van der Waals surface area contributed by atoms with Gasteiger partial charge in [-0.1, -0.05) is 12.1 Å². The van der Waals surface area contributed by atoms with Gasteiger partial charge in [0.15, 0.2) is 5.69 Å². The van der Waals surface area contributed by atoms with E-state index < -0.39 is 5.97 Å². The molecule has 108 valence electrons. The fourth-order valence-corrected chi connectivity index (χ4v) is 2.02. The van der Waals surface area contributed by atoms with Crippen molar-refractivity contribution in [2.45, 2.75) is 39.8 Å². The molecule has 0 aliphatic carbocycles. The molecule has 0 fully saturated rings. The molecule has 0 radical (unpaired) electrons. The van der Waals surface area contributed by atoms with Crippen LogP contribution in [0.3, 0.4) is 0 Å². The SMILES string of the molecule is CCc1c(C(=O)OC)nnn1Cc1ncnn1C(C)C. The lowest BCUT2D eigenvalue weighted by atomic mass is 10.2. The summed E-state index contributed by atoms with van der Waals surface area (Å²) in [7, 11) is 1.33. The van der Waals surface area contributed by atoms with E-state index in [1.807, 2.05) is 25.5 Å². The Bertz CT molecular complexity index is 601. The molecule has 0 aliphatic heterocycles. The molecule has 0 aliphatic rings. The molecule has 0 bridgehead atoms. The fraction of sp³-hybridized carbons (Fsp3) is 0.583. The van der Waals surface area contributed by atoms with Gasteiger partial charge in [0.2, 0.25) is 0 Å². The summed E-state index contributed by atoms with van der Waals surface area (Å²) in [5.41, 5.74) is 0.987. The van der Waals surface area contributed by atoms with Gasteiger partial charge in [-0.05, 0) is 20.3 Å². The molecule has 0 saturated heterocycles. The van der Waals surface area contributed by atoms with Crippen molar-refractivity contribution in [1.29, 1.82) is 0 Å². The number of rotatable bonds is 5. The molecule has 2 heterocycles. The van der Waals surface area contributed by atoms with Gasteiger partial charge in [0.25, 0.3) is 0 Å². The minimum atomic E-state index is -0.474. The molecule has 0 spiro atoms. The van der Waals surface area contributed by atoms with Crippen LogP contribution < -0.4 is 0 Å². The Labute approximate surface area is 116 Å². The second-order valence-corrected chi connectivity index (χ2v) is 4.60. The highest BCUT2D eigenvalue weighted by Crippen LogP contribution is 2.11. The van der Waals surface area contributed by atoms with Crippen LogP contribution in [0.25, 0.3) is 0 Å². The summed E-state index contributed by atoms with van der Waals surface area (Å²) < 4.78 is 8.18. The van der Waals surface area contributed by atoms with Gasteiger partial charge in [-0.3, -0.25) is 0 Å². The molecule has 0 amide bonds. The van der Waals surface area contributed by atoms with Crippen LogP contribution in [0.15, 0.2) is 6.33 Å². The van der Waals surface area contributed by atoms with Crippen molar-refractivity contribution in [1.82, 2.24) is 29.8 Å². The van der Waals surface area contributed by atoms with Crippen LogP contribution in [-0.4, -0.2) is 42.8 Å². The smallest absolute Gasteiger partial charge is 0.360 e. The molecule has 8 heteroatoms. The Morgan fingerprint density at radius 2 is 2.20 bits per heavy atom. The predicted octanol–water partition coefficient (Wildman–Crippen LogP) is 0.848. The summed E-state index contributed by atoms with van der Waals surface area (Å²) in [6.45, 7) is 6.42. The Morgan fingerprint density at radius 3 is 2.80 bits per heavy atom. The maximum absolute atomic E-state index is 11.6. The normalized spacial score (nSPS) is 11.1. The minimum absolute atomic E-state index is 0.209. The minimum Gasteiger partial charge on any atom is -0.464 e. The van der Waals surface area contributed by atoms with E-state index in [0.29, 0.717) is 13.0 Å². The van der Waals surface area contributed by atoms with Gasteiger partial charge in [-0.15, -0.1) is 5.10 Å². The zero-order valence-electron chi connectivity index (χ0n) is 12.1. The number of hydrogen-bond acceptors (Lipinski definition) is 6. The van der Waals surface area contributed by atoms with Gasteiger partial charge < -0.3 is 4.74 Å². The van der Waals surface area contributed by atoms with E-state index in [1.165, 1.54) is 13.4 Å². The zero-order chi connectivity index (χ0) is 14.7. The summed E-state index contributed by atoms with van der Waals surface area (Å²) in [4.78, 5) is 15.8. The maximum atomic E-state index is 11.6. The number of nitrogens with zero attached hydrogens (tertiary/aromatic N) is 6. The van der Waals surface area contributed by atoms with Crippen LogP contribution in [0.4, 0.5) is 0 Å². The summed E-state index contributed by atoms with van der Waals surface area (Å²) in [6, 6.07) is 0.209. The van der Waals surface area contributed by atoms with E-state index in [-0.39, 0.29) is 11.7 Å². The second-order valence-electron chi connectivity index (χ2n) is 4.60. The van der Waals surface area contributed by atoms with Crippen LogP contribution in [0.5, 0.6) is 0 Å². The van der Waals surface area contributed by atoms with Crippen molar-refractivity contribution in [3.63, 3.8) is 0 Å². The first kappa shape index (κ1) is 14.2. The van der Waals surface area contributed by atoms with E-state index >= 15 is 0 Å². The quantitative estimate of drug-likeness (QED) is 0.753. The molecular weight excluding hydrogens is 260 g/mol. The Hall–Kier alpha value is -2.25. The molecule has 0 unspecified atom stereocenters. The molecule has 2 aromatic heterocycles. The van der Waals surface area contributed by atoms with E-state index in [0.717, 1.165) is 11.5 Å². The number of hydrogen-bond donors (Lipinski definition) is 0. The molecule has 20 heavy (non-hydrogen) atoms. The summed E-state index contributed by atoms with van der Waals surface area (Å²) in [5.74, 6) is 0.300. The molecule has 0 aromatic carbocycles. The van der Waals surface area contributed by atoms with Crippen LogP contribution >= 0.6 is 0 Å². The van der Waals surface area contributed by atoms with Gasteiger partial charge in [-0.2, -0.15) is 5.10 Å². The van der Waals surface area contributed by atoms with Crippen molar-refractivity contribution in [2.75, 3.05) is 7.11 Å². The van der Waals surface area contributed by atoms with Gasteiger partial charge >= 0.3 is 5.97 Å². The summed E-state index contributed by atoms with van der Waals surface area (Å²) in [5, 5.41) is 12.1. The molecule has 2 aromatic rings. The van der Waals surface area contributed by atoms with Crippen molar-refractivity contribution < 1.29 is 9.53 Å². The molecule has 8 nitrogen and oxygen atoms in total. The maximum Gasteiger partial charge on any atom is 0.360 e. The third kappa shape index (κ3) is 2.54. The fourth-order valence-electron chi connectivity index (χ4n) is 2.02. The topological polar surface area (TPSA) is 87.7 Å². The highest BCUT2D eigenvalue weighted by Gasteiger charge is 2.20. The van der Waals surface area contributed by atoms with Crippen LogP contribution in [0, 0.1) is 0 Å². The Kier molecular flexibility index (Phi) is 4.11. The van der Waals surface area contributed by atoms with Crippen molar-refractivity contribution in [3.05, 3.63) is 23.5 Å². The van der Waals surface area contributed by atoms with E-state index in [9.17, 15) is 4.79 Å². The highest BCUT2D eigenvalue weighted by atomic mass is 16.5. The predicted molar refractivity (Wildman–Crippen MR) is 70.2 cm³/mol. The van der Waals surface area contributed by atoms with Crippen LogP contribution in [-0.2, 0) is 17.7 Å². The number of ether oxygens (including phenoxy) is 1. The first-order chi connectivity index (χ1) is 9.58. The van der Waals surface area contributed by atoms with Crippen molar-refractivity contribution >= 4 is 5.97 Å². The number of carbonyl (C=O) groups excluding carboxylic acids is 1. The molecule has 0 saturated carbocycles. The number of carbonyl (C=O) groups is 1. The largest absolute Gasteiger partial charge is 0.464 e. The molecule has 2 rings (SSSR count). The number of esters is 1. The van der Waals surface area contributed by atoms with Gasteiger partial charge in [0.05, 0.1) is 12.8 Å². The van der Waals surface area contributed by atoms with Crippen molar-refractivity contribution in [3.8, 4) is 0 Å². The monoisotopic (exact) mass is 278 g/mol. The number of aromatic nitrogens is 6. The third-order valence-corrected chi connectivity index (χ3v) is 2.98. The van der Waals surface area contributed by atoms with Crippen LogP contribution in [0.1, 0.15) is 48.8 Å². The second kappa shape index (κ2) is 5.81. The third-order valence-electron chi connectivity index (χ3n) is 2.98. The Morgan fingerprint density at radius 1 is 1.45 bits per heavy atom. The average molecular weight is 278 g/mol. The van der Waals surface area contributed by atoms with Gasteiger partial charge in [0, 0.05) is 6.04 Å². The first-order valence-corrected chi connectivity index (χ1v) is 6.47. The lowest BCUT2D eigenvalue weighted by Gasteiger charge is -2.10. The van der Waals surface area contributed by atoms with E-state index in [1.54, 1.807) is 4.68 Å². The highest BCUT2D eigenvalue weighted by molar-refractivity contribution is 5.88. The molecular formula is C12H18N6O2. The van der Waals surface area contributed by atoms with Crippen LogP contribution in [0.2, 0.25) is 0 Å². The van der Waals surface area contributed by atoms with E-state index in [4.69, 9.17) is 4.74 Å². The standard InChI is InChI=1S/C12H18N6O2/c1-5-9-11(12(19)20-4)15-16-17(9)6-10-13-7-14-18(10)8(2)3/h7-8H,5-6H2,1-4H3. The Balaban J connectivity index is 2.32. The average Bonchev–Trinajstić information content (AvgIpc) is 3.04. The lowest BCUT2D eigenvalue weighted by Crippen LogP contribution is -2.15. The summed E-state index contributed by atoms with van der Waals surface area (Å²) >= 11 is 0. The molecule has 0 N–H and O–H groups in total. The lowest BCUT2D eigenvalue weighted by molar-refractivity contribution is 0.0592. The van der Waals surface area contributed by atoms with Gasteiger partial charge in [-0.25, -0.2) is 19.1 Å². The number of methoxy groups -OCH3 is 1. The first-order valence-electron chi connectivity index (χ1n) is 6.47. The van der Waals surface area contributed by atoms with E-state index in [2.05, 4.69) is 20.4 Å².